The van der Waals surface area contributed by atoms with E-state index in [1.54, 1.807) is 21.3 Å². The molecule has 0 heterocycles. The Kier molecular flexibility index (Phi) is 12.9. The molecular weight excluding hydrogens is 519 g/mol. The summed E-state index contributed by atoms with van der Waals surface area (Å²) in [5.74, 6) is 3.13. The highest BCUT2D eigenvalue weighted by molar-refractivity contribution is 14.0. The lowest BCUT2D eigenvalue weighted by molar-refractivity contribution is 0.303. The highest BCUT2D eigenvalue weighted by Gasteiger charge is 2.16. The number of halogens is 1. The molecule has 2 rings (SSSR count). The molecular formula is C24H37IN4O3. The van der Waals surface area contributed by atoms with Crippen molar-refractivity contribution in [1.29, 1.82) is 0 Å². The molecule has 2 aromatic carbocycles. The second-order valence-corrected chi connectivity index (χ2v) is 7.34. The lowest BCUT2D eigenvalue weighted by Gasteiger charge is -2.24. The van der Waals surface area contributed by atoms with Crippen LogP contribution in [0.4, 0.5) is 0 Å². The van der Waals surface area contributed by atoms with Crippen LogP contribution in [0.5, 0.6) is 17.2 Å². The smallest absolute Gasteiger partial charge is 0.191 e. The third-order valence-electron chi connectivity index (χ3n) is 5.05. The Bertz CT molecular complexity index is 828. The van der Waals surface area contributed by atoms with Crippen molar-refractivity contribution in [2.24, 2.45) is 4.99 Å². The first-order chi connectivity index (χ1) is 15.0. The average molecular weight is 556 g/mol. The van der Waals surface area contributed by atoms with Crippen molar-refractivity contribution in [2.45, 2.75) is 19.4 Å². The van der Waals surface area contributed by atoms with Crippen LogP contribution in [0.1, 0.15) is 24.1 Å². The first-order valence-corrected chi connectivity index (χ1v) is 10.6. The van der Waals surface area contributed by atoms with E-state index in [0.717, 1.165) is 48.3 Å². The Balaban J connectivity index is 0.00000512. The lowest BCUT2D eigenvalue weighted by atomic mass is 10.1. The summed E-state index contributed by atoms with van der Waals surface area (Å²) >= 11 is 0. The fourth-order valence-corrected chi connectivity index (χ4v) is 3.26. The van der Waals surface area contributed by atoms with Gasteiger partial charge in [0.25, 0.3) is 0 Å². The number of nitrogens with one attached hydrogen (secondary N) is 2. The number of rotatable bonds is 11. The zero-order valence-corrected chi connectivity index (χ0v) is 22.3. The molecule has 0 aromatic heterocycles. The molecule has 0 saturated carbocycles. The van der Waals surface area contributed by atoms with E-state index in [1.807, 2.05) is 24.3 Å². The van der Waals surface area contributed by atoms with Crippen molar-refractivity contribution < 1.29 is 14.2 Å². The molecule has 7 nitrogen and oxygen atoms in total. The summed E-state index contributed by atoms with van der Waals surface area (Å²) in [5.41, 5.74) is 2.38. The maximum Gasteiger partial charge on any atom is 0.191 e. The Hall–Kier alpha value is -2.20. The summed E-state index contributed by atoms with van der Waals surface area (Å²) in [6, 6.07) is 14.3. The number of ether oxygens (including phenoxy) is 3. The highest BCUT2D eigenvalue weighted by Crippen LogP contribution is 2.31. The van der Waals surface area contributed by atoms with Crippen LogP contribution in [-0.2, 0) is 6.42 Å². The van der Waals surface area contributed by atoms with Gasteiger partial charge in [0.1, 0.15) is 5.75 Å². The first-order valence-electron chi connectivity index (χ1n) is 10.6. The summed E-state index contributed by atoms with van der Waals surface area (Å²) in [4.78, 5) is 6.99. The lowest BCUT2D eigenvalue weighted by Crippen LogP contribution is -2.39. The van der Waals surface area contributed by atoms with Crippen LogP contribution in [0.15, 0.2) is 47.5 Å². The van der Waals surface area contributed by atoms with Crippen LogP contribution in [0.3, 0.4) is 0 Å². The van der Waals surface area contributed by atoms with Crippen molar-refractivity contribution in [3.63, 3.8) is 0 Å². The second-order valence-electron chi connectivity index (χ2n) is 7.34. The van der Waals surface area contributed by atoms with E-state index in [2.05, 4.69) is 54.8 Å². The molecule has 8 heteroatoms. The summed E-state index contributed by atoms with van der Waals surface area (Å²) in [6.07, 6.45) is 0.904. The second kappa shape index (κ2) is 14.8. The van der Waals surface area contributed by atoms with Gasteiger partial charge >= 0.3 is 0 Å². The first kappa shape index (κ1) is 27.8. The minimum atomic E-state index is 0. The Morgan fingerprint density at radius 3 is 2.19 bits per heavy atom. The normalized spacial score (nSPS) is 12.0. The van der Waals surface area contributed by atoms with Gasteiger partial charge in [0, 0.05) is 13.1 Å². The molecule has 0 aliphatic carbocycles. The number of methoxy groups -OCH3 is 3. The van der Waals surface area contributed by atoms with Crippen LogP contribution in [0, 0.1) is 0 Å². The molecule has 1 unspecified atom stereocenters. The van der Waals surface area contributed by atoms with Gasteiger partial charge in [-0.05, 0) is 62.8 Å². The quantitative estimate of drug-likeness (QED) is 0.250. The topological polar surface area (TPSA) is 67.4 Å². The molecule has 2 aromatic rings. The number of nitrogens with zero attached hydrogens (tertiary/aromatic N) is 2. The molecule has 0 saturated heterocycles. The standard InChI is InChI=1S/C24H36N4O3.HI/c1-7-25-24(26-15-14-18-8-11-20(29-4)12-9-18)27-17-21(28(2)3)19-10-13-22(30-5)23(16-19)31-6;/h8-13,16,21H,7,14-15,17H2,1-6H3,(H2,25,26,27);1H. The van der Waals surface area contributed by atoms with Crippen LogP contribution in [0.25, 0.3) is 0 Å². The Morgan fingerprint density at radius 2 is 1.62 bits per heavy atom. The molecule has 0 bridgehead atoms. The summed E-state index contributed by atoms with van der Waals surface area (Å²) in [7, 11) is 9.09. The van der Waals surface area contributed by atoms with Gasteiger partial charge in [0.15, 0.2) is 17.5 Å². The van der Waals surface area contributed by atoms with E-state index in [9.17, 15) is 0 Å². The van der Waals surface area contributed by atoms with Gasteiger partial charge in [0.05, 0.1) is 33.9 Å². The van der Waals surface area contributed by atoms with Gasteiger partial charge in [-0.1, -0.05) is 18.2 Å². The van der Waals surface area contributed by atoms with Gasteiger partial charge in [-0.25, -0.2) is 0 Å². The number of hydrogen-bond acceptors (Lipinski definition) is 5. The molecule has 0 aliphatic heterocycles. The molecule has 0 spiro atoms. The largest absolute Gasteiger partial charge is 0.497 e. The zero-order chi connectivity index (χ0) is 22.6. The van der Waals surface area contributed by atoms with Gasteiger partial charge < -0.3 is 29.7 Å². The molecule has 1 atom stereocenters. The third kappa shape index (κ3) is 8.38. The maximum absolute atomic E-state index is 5.47. The van der Waals surface area contributed by atoms with E-state index >= 15 is 0 Å². The molecule has 0 aliphatic rings. The van der Waals surface area contributed by atoms with E-state index in [1.165, 1.54) is 5.56 Å². The van der Waals surface area contributed by atoms with Gasteiger partial charge in [-0.3, -0.25) is 4.99 Å². The SMILES string of the molecule is CCNC(=NCC(c1ccc(OC)c(OC)c1)N(C)C)NCCc1ccc(OC)cc1.I. The monoisotopic (exact) mass is 556 g/mol. The fraction of sp³-hybridized carbons (Fsp3) is 0.458. The summed E-state index contributed by atoms with van der Waals surface area (Å²) in [6.45, 7) is 4.28. The molecule has 0 radical (unpaired) electrons. The van der Waals surface area contributed by atoms with Gasteiger partial charge in [-0.15, -0.1) is 24.0 Å². The van der Waals surface area contributed by atoms with Crippen LogP contribution >= 0.6 is 24.0 Å². The van der Waals surface area contributed by atoms with Crippen LogP contribution in [-0.4, -0.2) is 65.9 Å². The summed E-state index contributed by atoms with van der Waals surface area (Å²) in [5, 5.41) is 6.76. The molecule has 2 N–H and O–H groups in total. The predicted molar refractivity (Wildman–Crippen MR) is 142 cm³/mol. The van der Waals surface area contributed by atoms with Crippen molar-refractivity contribution >= 4 is 29.9 Å². The summed E-state index contributed by atoms with van der Waals surface area (Å²) < 4.78 is 16.0. The molecule has 0 amide bonds. The maximum atomic E-state index is 5.47. The zero-order valence-electron chi connectivity index (χ0n) is 20.0. The van der Waals surface area contributed by atoms with Crippen molar-refractivity contribution in [2.75, 3.05) is 55.1 Å². The van der Waals surface area contributed by atoms with Crippen molar-refractivity contribution in [1.82, 2.24) is 15.5 Å². The number of aliphatic imine (C=N–C) groups is 1. The number of hydrogen-bond donors (Lipinski definition) is 2. The van der Waals surface area contributed by atoms with Gasteiger partial charge in [-0.2, -0.15) is 0 Å². The highest BCUT2D eigenvalue weighted by atomic mass is 127. The number of guanidine groups is 1. The average Bonchev–Trinajstić information content (AvgIpc) is 2.79. The molecule has 178 valence electrons. The molecule has 32 heavy (non-hydrogen) atoms. The van der Waals surface area contributed by atoms with Crippen molar-refractivity contribution in [3.8, 4) is 17.2 Å². The van der Waals surface area contributed by atoms with Crippen molar-refractivity contribution in [3.05, 3.63) is 53.6 Å². The van der Waals surface area contributed by atoms with E-state index in [-0.39, 0.29) is 30.0 Å². The van der Waals surface area contributed by atoms with Crippen LogP contribution in [0.2, 0.25) is 0 Å². The van der Waals surface area contributed by atoms with Gasteiger partial charge in [0.2, 0.25) is 0 Å². The number of benzene rings is 2. The predicted octanol–water partition coefficient (Wildman–Crippen LogP) is 3.73. The number of likely N-dealkylation sites (N-methyl/N-ethyl adjacent to an activating group) is 1. The van der Waals surface area contributed by atoms with E-state index < -0.39 is 0 Å². The third-order valence-corrected chi connectivity index (χ3v) is 5.05. The van der Waals surface area contributed by atoms with E-state index in [0.29, 0.717) is 6.54 Å². The minimum absolute atomic E-state index is 0. The minimum Gasteiger partial charge on any atom is -0.497 e. The fourth-order valence-electron chi connectivity index (χ4n) is 3.26. The van der Waals surface area contributed by atoms with Crippen LogP contribution < -0.4 is 24.8 Å². The molecule has 0 fully saturated rings. The Morgan fingerprint density at radius 1 is 0.938 bits per heavy atom. The van der Waals surface area contributed by atoms with E-state index in [4.69, 9.17) is 19.2 Å². The Labute approximate surface area is 209 Å².